The molecule has 6 rings (SSSR count). The fraction of sp³-hybridized carbons (Fsp3) is 0.789. The van der Waals surface area contributed by atoms with Crippen molar-refractivity contribution in [1.82, 2.24) is 20.0 Å². The Morgan fingerprint density at radius 1 is 1.04 bits per heavy atom. The molecule has 0 aromatic carbocycles. The Kier molecular flexibility index (Phi) is 4.05. The summed E-state index contributed by atoms with van der Waals surface area (Å²) in [7, 11) is 0. The van der Waals surface area contributed by atoms with Crippen molar-refractivity contribution >= 4 is 5.91 Å². The minimum Gasteiger partial charge on any atom is -0.381 e. The highest BCUT2D eigenvalue weighted by Gasteiger charge is 2.40. The van der Waals surface area contributed by atoms with E-state index < -0.39 is 0 Å². The monoisotopic (exact) mass is 344 g/mol. The maximum Gasteiger partial charge on any atom is 0.274 e. The van der Waals surface area contributed by atoms with Gasteiger partial charge in [0.2, 0.25) is 0 Å². The second kappa shape index (κ2) is 6.40. The first kappa shape index (κ1) is 15.8. The topological polar surface area (TPSA) is 61.5 Å². The maximum absolute atomic E-state index is 13.3. The predicted octanol–water partition coefficient (Wildman–Crippen LogP) is 1.61. The van der Waals surface area contributed by atoms with Crippen LogP contribution in [0.5, 0.6) is 0 Å². The van der Waals surface area contributed by atoms with Crippen molar-refractivity contribution in [3.63, 3.8) is 0 Å². The number of rotatable bonds is 2. The quantitative estimate of drug-likeness (QED) is 0.885. The Morgan fingerprint density at radius 3 is 2.80 bits per heavy atom. The van der Waals surface area contributed by atoms with Gasteiger partial charge in [-0.05, 0) is 50.9 Å². The molecule has 0 unspecified atom stereocenters. The molecule has 0 spiro atoms. The van der Waals surface area contributed by atoms with E-state index in [-0.39, 0.29) is 5.91 Å². The van der Waals surface area contributed by atoms with Crippen LogP contribution < -0.4 is 0 Å². The smallest absolute Gasteiger partial charge is 0.274 e. The number of nitrogens with one attached hydrogen (secondary N) is 1. The highest BCUT2D eigenvalue weighted by atomic mass is 16.5. The van der Waals surface area contributed by atoms with Crippen LogP contribution in [0.2, 0.25) is 0 Å². The van der Waals surface area contributed by atoms with Gasteiger partial charge in [-0.25, -0.2) is 0 Å². The zero-order valence-electron chi connectivity index (χ0n) is 14.9. The molecule has 1 aromatic rings. The van der Waals surface area contributed by atoms with Crippen LogP contribution in [0.15, 0.2) is 0 Å². The van der Waals surface area contributed by atoms with Gasteiger partial charge in [-0.3, -0.25) is 14.8 Å². The second-order valence-electron chi connectivity index (χ2n) is 8.24. The summed E-state index contributed by atoms with van der Waals surface area (Å²) in [5, 5.41) is 7.49. The largest absolute Gasteiger partial charge is 0.381 e. The molecular formula is C19H28N4O2. The number of carbonyl (C=O) groups is 1. The average molecular weight is 344 g/mol. The number of aryl methyl sites for hydroxylation is 1. The van der Waals surface area contributed by atoms with Crippen LogP contribution in [-0.2, 0) is 17.6 Å². The summed E-state index contributed by atoms with van der Waals surface area (Å²) in [4.78, 5) is 18.1. The van der Waals surface area contributed by atoms with Gasteiger partial charge in [0, 0.05) is 56.2 Å². The van der Waals surface area contributed by atoms with Crippen LogP contribution in [0.4, 0.5) is 0 Å². The number of hydrogen-bond donors (Lipinski definition) is 1. The molecule has 136 valence electrons. The van der Waals surface area contributed by atoms with Crippen molar-refractivity contribution in [2.75, 3.05) is 32.8 Å². The fourth-order valence-electron chi connectivity index (χ4n) is 5.35. The van der Waals surface area contributed by atoms with E-state index in [9.17, 15) is 4.79 Å². The minimum absolute atomic E-state index is 0.169. The molecule has 1 aromatic heterocycles. The molecule has 6 heteroatoms. The molecule has 6 nitrogen and oxygen atoms in total. The van der Waals surface area contributed by atoms with Gasteiger partial charge in [0.25, 0.3) is 5.91 Å². The van der Waals surface area contributed by atoms with Crippen LogP contribution in [0.3, 0.4) is 0 Å². The summed E-state index contributed by atoms with van der Waals surface area (Å²) in [5.74, 6) is 0.778. The lowest BCUT2D eigenvalue weighted by atomic mass is 9.94. The van der Waals surface area contributed by atoms with Gasteiger partial charge in [0.05, 0.1) is 0 Å². The Balaban J connectivity index is 1.35. The maximum atomic E-state index is 13.3. The van der Waals surface area contributed by atoms with Crippen LogP contribution in [0.25, 0.3) is 0 Å². The van der Waals surface area contributed by atoms with Crippen LogP contribution in [0.1, 0.15) is 53.8 Å². The molecule has 0 radical (unpaired) electrons. The summed E-state index contributed by atoms with van der Waals surface area (Å²) in [6.07, 6.45) is 7.87. The summed E-state index contributed by atoms with van der Waals surface area (Å²) in [6, 6.07) is 0.990. The van der Waals surface area contributed by atoms with Gasteiger partial charge in [-0.15, -0.1) is 0 Å². The number of hydrogen-bond acceptors (Lipinski definition) is 4. The third-order valence-corrected chi connectivity index (χ3v) is 6.72. The Bertz CT molecular complexity index is 652. The zero-order chi connectivity index (χ0) is 16.8. The lowest BCUT2D eigenvalue weighted by Crippen LogP contribution is -2.48. The van der Waals surface area contributed by atoms with Gasteiger partial charge in [-0.1, -0.05) is 0 Å². The van der Waals surface area contributed by atoms with Gasteiger partial charge < -0.3 is 9.64 Å². The highest BCUT2D eigenvalue weighted by molar-refractivity contribution is 5.94. The number of ether oxygens (including phenoxy) is 1. The van der Waals surface area contributed by atoms with Gasteiger partial charge >= 0.3 is 0 Å². The van der Waals surface area contributed by atoms with E-state index >= 15 is 0 Å². The molecule has 1 amide bonds. The van der Waals surface area contributed by atoms with E-state index in [1.807, 2.05) is 0 Å². The van der Waals surface area contributed by atoms with Crippen molar-refractivity contribution in [1.29, 1.82) is 0 Å². The number of nitrogens with zero attached hydrogens (tertiary/aromatic N) is 3. The fourth-order valence-corrected chi connectivity index (χ4v) is 5.35. The van der Waals surface area contributed by atoms with Crippen molar-refractivity contribution in [3.05, 3.63) is 17.0 Å². The van der Waals surface area contributed by atoms with E-state index in [2.05, 4.69) is 20.0 Å². The molecule has 2 atom stereocenters. The van der Waals surface area contributed by atoms with Gasteiger partial charge in [0.1, 0.15) is 0 Å². The lowest BCUT2D eigenvalue weighted by Gasteiger charge is -2.36. The highest BCUT2D eigenvalue weighted by Crippen LogP contribution is 2.33. The number of aromatic nitrogens is 2. The first-order valence-corrected chi connectivity index (χ1v) is 9.98. The predicted molar refractivity (Wildman–Crippen MR) is 93.6 cm³/mol. The van der Waals surface area contributed by atoms with Crippen molar-refractivity contribution < 1.29 is 9.53 Å². The molecule has 4 aliphatic heterocycles. The molecule has 0 saturated carbocycles. The van der Waals surface area contributed by atoms with E-state index in [1.165, 1.54) is 17.7 Å². The van der Waals surface area contributed by atoms with Crippen LogP contribution in [-0.4, -0.2) is 70.8 Å². The van der Waals surface area contributed by atoms with Crippen molar-refractivity contribution in [3.8, 4) is 0 Å². The van der Waals surface area contributed by atoms with E-state index in [1.54, 1.807) is 0 Å². The minimum atomic E-state index is 0.169. The standard InChI is InChI=1S/C19H28N4O2/c24-19(18-16-2-1-3-17(16)20-21-18)23-11-13-4-5-15(23)12-22(10-13)14-6-8-25-9-7-14/h13-15H,1-12H2,(H,20,21)/t13-,15+/m0/s1. The normalized spacial score (nSPS) is 30.5. The third kappa shape index (κ3) is 2.79. The summed E-state index contributed by atoms with van der Waals surface area (Å²) >= 11 is 0. The number of aromatic amines is 1. The van der Waals surface area contributed by atoms with E-state index in [0.717, 1.165) is 71.4 Å². The number of H-pyrrole nitrogens is 1. The first-order chi connectivity index (χ1) is 12.3. The molecule has 5 heterocycles. The SMILES string of the molecule is O=C(c1n[nH]c2c1CCC2)N1C[C@H]2CC[C@@H]1CN(C1CCOCC1)C2. The Morgan fingerprint density at radius 2 is 1.92 bits per heavy atom. The van der Waals surface area contributed by atoms with E-state index in [4.69, 9.17) is 4.74 Å². The zero-order valence-corrected chi connectivity index (χ0v) is 14.9. The van der Waals surface area contributed by atoms with Crippen LogP contribution >= 0.6 is 0 Å². The molecular weight excluding hydrogens is 316 g/mol. The number of amides is 1. The van der Waals surface area contributed by atoms with Gasteiger partial charge in [0.15, 0.2) is 5.69 Å². The first-order valence-electron chi connectivity index (χ1n) is 9.98. The summed E-state index contributed by atoms with van der Waals surface area (Å²) in [5.41, 5.74) is 3.08. The molecule has 2 bridgehead atoms. The van der Waals surface area contributed by atoms with Crippen molar-refractivity contribution in [2.24, 2.45) is 5.92 Å². The van der Waals surface area contributed by atoms with Crippen LogP contribution in [0, 0.1) is 5.92 Å². The number of piperidine rings is 1. The number of carbonyl (C=O) groups excluding carboxylic acids is 1. The molecule has 5 aliphatic rings. The Hall–Kier alpha value is -1.40. The third-order valence-electron chi connectivity index (χ3n) is 6.72. The molecule has 25 heavy (non-hydrogen) atoms. The molecule has 4 saturated heterocycles. The van der Waals surface area contributed by atoms with Gasteiger partial charge in [-0.2, -0.15) is 5.10 Å². The Labute approximate surface area is 148 Å². The summed E-state index contributed by atoms with van der Waals surface area (Å²) in [6.45, 7) is 4.85. The van der Waals surface area contributed by atoms with E-state index in [0.29, 0.717) is 23.7 Å². The second-order valence-corrected chi connectivity index (χ2v) is 8.24. The van der Waals surface area contributed by atoms with Crippen molar-refractivity contribution in [2.45, 2.75) is 57.0 Å². The lowest BCUT2D eigenvalue weighted by molar-refractivity contribution is 0.0304. The average Bonchev–Trinajstić information content (AvgIpc) is 3.15. The molecule has 1 N–H and O–H groups in total. The molecule has 4 fully saturated rings. The number of fused-ring (bicyclic) bond motifs is 5. The molecule has 1 aliphatic carbocycles. The summed E-state index contributed by atoms with van der Waals surface area (Å²) < 4.78 is 5.54.